The predicted octanol–water partition coefficient (Wildman–Crippen LogP) is 0.233. The van der Waals surface area contributed by atoms with Crippen LogP contribution in [0.5, 0.6) is 0 Å². The fourth-order valence-electron chi connectivity index (χ4n) is 4.08. The summed E-state index contributed by atoms with van der Waals surface area (Å²) in [6, 6.07) is 0.203. The smallest absolute Gasteiger partial charge is 0.289 e. The molecular weight excluding hydrogens is 380 g/mol. The Bertz CT molecular complexity index is 920. The van der Waals surface area contributed by atoms with Gasteiger partial charge in [0.2, 0.25) is 5.82 Å². The van der Waals surface area contributed by atoms with Crippen molar-refractivity contribution >= 4 is 23.3 Å². The highest BCUT2D eigenvalue weighted by atomic mass is 32.1. The molecule has 1 saturated heterocycles. The van der Waals surface area contributed by atoms with Crippen LogP contribution < -0.4 is 5.32 Å². The summed E-state index contributed by atoms with van der Waals surface area (Å²) in [5.74, 6) is 0.899. The Balaban J connectivity index is 1.36. The van der Waals surface area contributed by atoms with Gasteiger partial charge < -0.3 is 14.8 Å². The van der Waals surface area contributed by atoms with Gasteiger partial charge in [-0.25, -0.2) is 0 Å². The van der Waals surface area contributed by atoms with E-state index in [1.807, 2.05) is 16.4 Å². The van der Waals surface area contributed by atoms with E-state index in [2.05, 4.69) is 30.0 Å². The molecule has 10 nitrogen and oxygen atoms in total. The maximum atomic E-state index is 12.8. The molecule has 28 heavy (non-hydrogen) atoms. The first-order chi connectivity index (χ1) is 13.6. The first-order valence-electron chi connectivity index (χ1n) is 9.68. The summed E-state index contributed by atoms with van der Waals surface area (Å²) >= 11 is 1.24. The number of piperazine rings is 1. The van der Waals surface area contributed by atoms with Crippen LogP contribution in [0, 0.1) is 6.92 Å². The monoisotopic (exact) mass is 402 g/mol. The Morgan fingerprint density at radius 1 is 1.11 bits per heavy atom. The third-order valence-electron chi connectivity index (χ3n) is 5.96. The van der Waals surface area contributed by atoms with Crippen molar-refractivity contribution in [1.29, 1.82) is 0 Å². The number of rotatable bonds is 3. The van der Waals surface area contributed by atoms with Crippen LogP contribution >= 0.6 is 11.5 Å². The van der Waals surface area contributed by atoms with E-state index in [1.165, 1.54) is 11.5 Å². The Hall–Kier alpha value is -2.40. The highest BCUT2D eigenvalue weighted by molar-refractivity contribution is 7.05. The van der Waals surface area contributed by atoms with Crippen molar-refractivity contribution in [3.8, 4) is 0 Å². The van der Waals surface area contributed by atoms with Crippen LogP contribution in [-0.2, 0) is 6.54 Å². The van der Waals surface area contributed by atoms with Gasteiger partial charge in [0.1, 0.15) is 0 Å². The van der Waals surface area contributed by atoms with Gasteiger partial charge in [-0.1, -0.05) is 4.49 Å². The zero-order valence-electron chi connectivity index (χ0n) is 15.7. The quantitative estimate of drug-likeness (QED) is 0.783. The third-order valence-corrected chi connectivity index (χ3v) is 6.60. The van der Waals surface area contributed by atoms with Gasteiger partial charge >= 0.3 is 0 Å². The van der Waals surface area contributed by atoms with Gasteiger partial charge in [0.15, 0.2) is 11.5 Å². The summed E-state index contributed by atoms with van der Waals surface area (Å²) in [6.45, 7) is 5.30. The molecule has 5 rings (SSSR count). The summed E-state index contributed by atoms with van der Waals surface area (Å²) in [5, 5.41) is 15.5. The molecule has 0 aromatic carbocycles. The number of fused-ring (bicyclic) bond motifs is 3. The Morgan fingerprint density at radius 3 is 2.64 bits per heavy atom. The molecule has 4 heterocycles. The van der Waals surface area contributed by atoms with E-state index in [0.717, 1.165) is 43.1 Å². The molecule has 2 aromatic rings. The molecule has 1 saturated carbocycles. The van der Waals surface area contributed by atoms with Crippen molar-refractivity contribution in [2.24, 2.45) is 0 Å². The molecule has 148 valence electrons. The lowest BCUT2D eigenvalue weighted by atomic mass is 9.93. The third kappa shape index (κ3) is 2.89. The lowest BCUT2D eigenvalue weighted by molar-refractivity contribution is 0.0368. The van der Waals surface area contributed by atoms with Gasteiger partial charge in [0, 0.05) is 38.8 Å². The molecule has 2 aromatic heterocycles. The van der Waals surface area contributed by atoms with Crippen LogP contribution in [0.4, 0.5) is 0 Å². The highest BCUT2D eigenvalue weighted by Crippen LogP contribution is 2.29. The summed E-state index contributed by atoms with van der Waals surface area (Å²) in [5.41, 5.74) is 0.427. The Labute approximate surface area is 166 Å². The molecule has 1 aliphatic carbocycles. The number of carbonyl (C=O) groups excluding carboxylic acids is 2. The van der Waals surface area contributed by atoms with Crippen molar-refractivity contribution in [1.82, 2.24) is 39.5 Å². The highest BCUT2D eigenvalue weighted by Gasteiger charge is 2.39. The molecule has 0 bridgehead atoms. The maximum Gasteiger partial charge on any atom is 0.289 e. The largest absolute Gasteiger partial charge is 0.347 e. The summed E-state index contributed by atoms with van der Waals surface area (Å²) in [4.78, 5) is 30.4. The van der Waals surface area contributed by atoms with E-state index >= 15 is 0 Å². The van der Waals surface area contributed by atoms with Gasteiger partial charge in [0.25, 0.3) is 11.8 Å². The SMILES string of the molecule is Cc1snnc1C(=O)N1CCN2CCn3c(C(=O)NC4CCC4)nnc3[C@H]2C1. The molecule has 2 aliphatic heterocycles. The van der Waals surface area contributed by atoms with E-state index in [9.17, 15) is 9.59 Å². The van der Waals surface area contributed by atoms with E-state index in [-0.39, 0.29) is 23.9 Å². The number of aromatic nitrogens is 5. The number of nitrogens with zero attached hydrogens (tertiary/aromatic N) is 7. The van der Waals surface area contributed by atoms with Crippen molar-refractivity contribution in [2.75, 3.05) is 26.2 Å². The fourth-order valence-corrected chi connectivity index (χ4v) is 4.54. The van der Waals surface area contributed by atoms with Gasteiger partial charge in [-0.15, -0.1) is 15.3 Å². The van der Waals surface area contributed by atoms with Crippen LogP contribution in [0.3, 0.4) is 0 Å². The second-order valence-electron chi connectivity index (χ2n) is 7.62. The van der Waals surface area contributed by atoms with E-state index in [4.69, 9.17) is 0 Å². The van der Waals surface area contributed by atoms with Crippen molar-refractivity contribution in [3.05, 3.63) is 22.2 Å². The second-order valence-corrected chi connectivity index (χ2v) is 8.57. The standard InChI is InChI=1S/C17H22N8O2S/c1-10-13(19-22-28-10)17(27)24-6-5-23-7-8-25-14(12(23)9-24)20-21-15(25)16(26)18-11-3-2-4-11/h11-12H,2-9H2,1H3,(H,18,26)/t12-/m1/s1. The number of amides is 2. The second kappa shape index (κ2) is 6.89. The average Bonchev–Trinajstić information content (AvgIpc) is 3.29. The van der Waals surface area contributed by atoms with E-state index in [1.54, 1.807) is 0 Å². The first kappa shape index (κ1) is 17.7. The molecular formula is C17H22N8O2S. The number of carbonyl (C=O) groups is 2. The average molecular weight is 402 g/mol. The summed E-state index contributed by atoms with van der Waals surface area (Å²) in [6.07, 6.45) is 3.23. The normalized spacial score (nSPS) is 22.3. The molecule has 0 radical (unpaired) electrons. The topological polar surface area (TPSA) is 109 Å². The lowest BCUT2D eigenvalue weighted by Gasteiger charge is -2.43. The van der Waals surface area contributed by atoms with Crippen molar-refractivity contribution in [2.45, 2.75) is 44.8 Å². The molecule has 0 unspecified atom stereocenters. The van der Waals surface area contributed by atoms with Gasteiger partial charge in [0.05, 0.1) is 10.9 Å². The van der Waals surface area contributed by atoms with Gasteiger partial charge in [-0.3, -0.25) is 14.5 Å². The first-order valence-corrected chi connectivity index (χ1v) is 10.5. The Kier molecular flexibility index (Phi) is 4.35. The fraction of sp³-hybridized carbons (Fsp3) is 0.647. The van der Waals surface area contributed by atoms with Crippen LogP contribution in [0.25, 0.3) is 0 Å². The van der Waals surface area contributed by atoms with Gasteiger partial charge in [-0.05, 0) is 37.7 Å². The number of hydrogen-bond donors (Lipinski definition) is 1. The van der Waals surface area contributed by atoms with Crippen LogP contribution in [0.1, 0.15) is 57.1 Å². The predicted molar refractivity (Wildman–Crippen MR) is 100.0 cm³/mol. The molecule has 0 spiro atoms. The summed E-state index contributed by atoms with van der Waals surface area (Å²) < 4.78 is 5.79. The molecule has 2 fully saturated rings. The van der Waals surface area contributed by atoms with Crippen molar-refractivity contribution < 1.29 is 9.59 Å². The maximum absolute atomic E-state index is 12.8. The Morgan fingerprint density at radius 2 is 1.93 bits per heavy atom. The number of hydrogen-bond acceptors (Lipinski definition) is 8. The summed E-state index contributed by atoms with van der Waals surface area (Å²) in [7, 11) is 0. The minimum absolute atomic E-state index is 0.0592. The molecule has 3 aliphatic rings. The molecule has 1 atom stereocenters. The molecule has 1 N–H and O–H groups in total. The molecule has 2 amide bonds. The lowest BCUT2D eigenvalue weighted by Crippen LogP contribution is -2.54. The van der Waals surface area contributed by atoms with Gasteiger partial charge in [-0.2, -0.15) is 0 Å². The van der Waals surface area contributed by atoms with Crippen LogP contribution in [0.2, 0.25) is 0 Å². The zero-order chi connectivity index (χ0) is 19.3. The minimum atomic E-state index is -0.148. The zero-order valence-corrected chi connectivity index (χ0v) is 16.5. The van der Waals surface area contributed by atoms with E-state index < -0.39 is 0 Å². The minimum Gasteiger partial charge on any atom is -0.347 e. The van der Waals surface area contributed by atoms with Crippen LogP contribution in [0.15, 0.2) is 0 Å². The van der Waals surface area contributed by atoms with Crippen LogP contribution in [-0.4, -0.2) is 78.2 Å². The van der Waals surface area contributed by atoms with Crippen molar-refractivity contribution in [3.63, 3.8) is 0 Å². The number of nitrogens with one attached hydrogen (secondary N) is 1. The molecule has 11 heteroatoms. The number of aryl methyl sites for hydroxylation is 1. The van der Waals surface area contributed by atoms with E-state index in [0.29, 0.717) is 31.2 Å².